The Kier molecular flexibility index (Phi) is 7.04. The highest BCUT2D eigenvalue weighted by molar-refractivity contribution is 7.19. The third-order valence-electron chi connectivity index (χ3n) is 5.72. The van der Waals surface area contributed by atoms with Crippen LogP contribution in [0.5, 0.6) is 11.1 Å². The monoisotopic (exact) mass is 433 g/mol. The van der Waals surface area contributed by atoms with Crippen molar-refractivity contribution in [3.05, 3.63) is 12.1 Å². The molecular formula is C22H31N3O4S. The number of fused-ring (bicyclic) bond motifs is 1. The zero-order valence-electron chi connectivity index (χ0n) is 17.8. The van der Waals surface area contributed by atoms with Crippen LogP contribution in [0, 0.1) is 5.92 Å². The fourth-order valence-corrected chi connectivity index (χ4v) is 4.90. The van der Waals surface area contributed by atoms with Crippen molar-refractivity contribution in [2.45, 2.75) is 77.0 Å². The van der Waals surface area contributed by atoms with Gasteiger partial charge in [-0.15, -0.1) is 0 Å². The molecule has 2 fully saturated rings. The van der Waals surface area contributed by atoms with E-state index in [1.807, 2.05) is 19.1 Å². The van der Waals surface area contributed by atoms with Gasteiger partial charge in [-0.2, -0.15) is 0 Å². The van der Waals surface area contributed by atoms with Crippen LogP contribution in [-0.4, -0.2) is 47.3 Å². The quantitative estimate of drug-likeness (QED) is 0.641. The molecular weight excluding hydrogens is 402 g/mol. The Bertz CT molecular complexity index is 846. The lowest BCUT2D eigenvalue weighted by Crippen LogP contribution is -2.40. The summed E-state index contributed by atoms with van der Waals surface area (Å²) in [5.41, 5.74) is 0.864. The molecule has 8 heteroatoms. The fraction of sp³-hybridized carbons (Fsp3) is 0.682. The zero-order valence-corrected chi connectivity index (χ0v) is 18.6. The molecule has 2 aliphatic carbocycles. The number of carbonyl (C=O) groups is 1. The molecule has 2 aromatic heterocycles. The molecule has 0 saturated heterocycles. The topological polar surface area (TPSA) is 82.6 Å². The standard InChI is InChI=1S/C22H31N3O4S/c1-14(23-15(2)26)12-27-18-10-16(11-18)13-28-20-9-8-19-21(25-20)30-22(24-19)29-17-6-4-3-5-7-17/h8-9,14,16-18H,3-7,10-13H2,1-2H3,(H,23,26)/t14-,16-,18-/m0/s1. The summed E-state index contributed by atoms with van der Waals surface area (Å²) in [5, 5.41) is 3.55. The Labute approximate surface area is 181 Å². The molecule has 0 spiro atoms. The van der Waals surface area contributed by atoms with Crippen molar-refractivity contribution in [2.24, 2.45) is 5.92 Å². The van der Waals surface area contributed by atoms with E-state index in [9.17, 15) is 4.79 Å². The number of nitrogens with one attached hydrogen (secondary N) is 1. The van der Waals surface area contributed by atoms with Crippen molar-refractivity contribution in [3.8, 4) is 11.1 Å². The summed E-state index contributed by atoms with van der Waals surface area (Å²) in [6.07, 6.45) is 8.55. The van der Waals surface area contributed by atoms with E-state index in [4.69, 9.17) is 14.2 Å². The maximum absolute atomic E-state index is 11.0. The van der Waals surface area contributed by atoms with E-state index in [-0.39, 0.29) is 18.1 Å². The summed E-state index contributed by atoms with van der Waals surface area (Å²) in [6, 6.07) is 3.88. The molecule has 1 amide bonds. The molecule has 2 heterocycles. The van der Waals surface area contributed by atoms with E-state index in [0.29, 0.717) is 36.3 Å². The van der Waals surface area contributed by atoms with Crippen molar-refractivity contribution in [3.63, 3.8) is 0 Å². The predicted octanol–water partition coefficient (Wildman–Crippen LogP) is 4.10. The second-order valence-corrected chi connectivity index (χ2v) is 9.48. The Morgan fingerprint density at radius 1 is 1.20 bits per heavy atom. The van der Waals surface area contributed by atoms with Gasteiger partial charge in [-0.05, 0) is 57.4 Å². The van der Waals surface area contributed by atoms with Crippen molar-refractivity contribution >= 4 is 27.6 Å². The van der Waals surface area contributed by atoms with Gasteiger partial charge in [-0.25, -0.2) is 9.97 Å². The van der Waals surface area contributed by atoms with Gasteiger partial charge < -0.3 is 19.5 Å². The third-order valence-corrected chi connectivity index (χ3v) is 6.58. The number of thiazole rings is 1. The summed E-state index contributed by atoms with van der Waals surface area (Å²) < 4.78 is 17.8. The number of hydrogen-bond donors (Lipinski definition) is 1. The van der Waals surface area contributed by atoms with E-state index in [1.54, 1.807) is 0 Å². The average molecular weight is 434 g/mol. The van der Waals surface area contributed by atoms with E-state index < -0.39 is 0 Å². The van der Waals surface area contributed by atoms with Gasteiger partial charge in [-0.1, -0.05) is 17.8 Å². The molecule has 0 bridgehead atoms. The van der Waals surface area contributed by atoms with Gasteiger partial charge >= 0.3 is 0 Å². The molecule has 2 aliphatic rings. The molecule has 0 aliphatic heterocycles. The number of ether oxygens (including phenoxy) is 3. The maximum atomic E-state index is 11.0. The SMILES string of the molecule is CC(=O)N[C@@H](C)CO[C@H]1C[C@H](COc2ccc3nc(OC4CCCCC4)sc3n2)C1. The molecule has 0 radical (unpaired) electrons. The second kappa shape index (κ2) is 9.92. The van der Waals surface area contributed by atoms with E-state index in [0.717, 1.165) is 36.0 Å². The first-order chi connectivity index (χ1) is 14.5. The first-order valence-corrected chi connectivity index (χ1v) is 11.8. The minimum atomic E-state index is -0.0240. The van der Waals surface area contributed by atoms with Crippen LogP contribution in [0.2, 0.25) is 0 Å². The molecule has 7 nitrogen and oxygen atoms in total. The summed E-state index contributed by atoms with van der Waals surface area (Å²) in [5.74, 6) is 1.10. The van der Waals surface area contributed by atoms with Crippen LogP contribution < -0.4 is 14.8 Å². The molecule has 2 aromatic rings. The molecule has 0 unspecified atom stereocenters. The molecule has 30 heavy (non-hydrogen) atoms. The Morgan fingerprint density at radius 2 is 2.00 bits per heavy atom. The second-order valence-electron chi connectivity index (χ2n) is 8.54. The van der Waals surface area contributed by atoms with Gasteiger partial charge in [0.05, 0.1) is 19.3 Å². The first kappa shape index (κ1) is 21.3. The zero-order chi connectivity index (χ0) is 20.9. The summed E-state index contributed by atoms with van der Waals surface area (Å²) in [6.45, 7) is 4.67. The first-order valence-electron chi connectivity index (χ1n) is 11.0. The Morgan fingerprint density at radius 3 is 2.77 bits per heavy atom. The van der Waals surface area contributed by atoms with Gasteiger partial charge in [0.15, 0.2) is 4.83 Å². The lowest BCUT2D eigenvalue weighted by Gasteiger charge is -2.35. The van der Waals surface area contributed by atoms with Crippen LogP contribution >= 0.6 is 11.3 Å². The molecule has 2 saturated carbocycles. The highest BCUT2D eigenvalue weighted by atomic mass is 32.1. The number of rotatable bonds is 9. The van der Waals surface area contributed by atoms with Crippen molar-refractivity contribution in [2.75, 3.05) is 13.2 Å². The highest BCUT2D eigenvalue weighted by Crippen LogP contribution is 2.33. The van der Waals surface area contributed by atoms with Gasteiger partial charge in [0.2, 0.25) is 11.8 Å². The largest absolute Gasteiger partial charge is 0.477 e. The molecule has 1 atom stereocenters. The number of pyridine rings is 1. The Balaban J connectivity index is 1.20. The summed E-state index contributed by atoms with van der Waals surface area (Å²) >= 11 is 1.50. The number of aromatic nitrogens is 2. The number of amides is 1. The van der Waals surface area contributed by atoms with E-state index >= 15 is 0 Å². The van der Waals surface area contributed by atoms with Crippen molar-refractivity contribution in [1.29, 1.82) is 0 Å². The number of hydrogen-bond acceptors (Lipinski definition) is 7. The smallest absolute Gasteiger partial charge is 0.276 e. The van der Waals surface area contributed by atoms with Gasteiger partial charge in [0.1, 0.15) is 11.6 Å². The van der Waals surface area contributed by atoms with Crippen LogP contribution in [0.1, 0.15) is 58.8 Å². The average Bonchev–Trinajstić information content (AvgIpc) is 3.08. The lowest BCUT2D eigenvalue weighted by atomic mass is 9.83. The van der Waals surface area contributed by atoms with Crippen LogP contribution in [-0.2, 0) is 9.53 Å². The van der Waals surface area contributed by atoms with Crippen LogP contribution in [0.3, 0.4) is 0 Å². The van der Waals surface area contributed by atoms with Gasteiger partial charge in [0, 0.05) is 19.0 Å². The minimum absolute atomic E-state index is 0.0240. The van der Waals surface area contributed by atoms with E-state index in [1.165, 1.54) is 37.5 Å². The predicted molar refractivity (Wildman–Crippen MR) is 116 cm³/mol. The number of nitrogens with zero attached hydrogens (tertiary/aromatic N) is 2. The summed E-state index contributed by atoms with van der Waals surface area (Å²) in [7, 11) is 0. The molecule has 164 valence electrons. The molecule has 1 N–H and O–H groups in total. The van der Waals surface area contributed by atoms with Gasteiger partial charge in [-0.3, -0.25) is 4.79 Å². The van der Waals surface area contributed by atoms with Crippen LogP contribution in [0.25, 0.3) is 10.3 Å². The molecule has 0 aromatic carbocycles. The normalized spacial score (nSPS) is 23.0. The third kappa shape index (κ3) is 5.82. The van der Waals surface area contributed by atoms with Crippen LogP contribution in [0.4, 0.5) is 0 Å². The number of carbonyl (C=O) groups excluding carboxylic acids is 1. The van der Waals surface area contributed by atoms with Gasteiger partial charge in [0.25, 0.3) is 5.19 Å². The lowest BCUT2D eigenvalue weighted by molar-refractivity contribution is -0.120. The minimum Gasteiger partial charge on any atom is -0.477 e. The van der Waals surface area contributed by atoms with Crippen molar-refractivity contribution in [1.82, 2.24) is 15.3 Å². The van der Waals surface area contributed by atoms with Crippen molar-refractivity contribution < 1.29 is 19.0 Å². The maximum Gasteiger partial charge on any atom is 0.276 e. The fourth-order valence-electron chi connectivity index (χ4n) is 4.06. The highest BCUT2D eigenvalue weighted by Gasteiger charge is 2.31. The Hall–Kier alpha value is -1.93. The molecule has 4 rings (SSSR count). The van der Waals surface area contributed by atoms with Crippen LogP contribution in [0.15, 0.2) is 12.1 Å². The summed E-state index contributed by atoms with van der Waals surface area (Å²) in [4.78, 5) is 21.1. The van der Waals surface area contributed by atoms with E-state index in [2.05, 4.69) is 15.3 Å².